The number of nitrogens with zero attached hydrogens (tertiary/aromatic N) is 4. The maximum atomic E-state index is 12.4. The van der Waals surface area contributed by atoms with E-state index < -0.39 is 0 Å². The number of anilines is 1. The van der Waals surface area contributed by atoms with Crippen LogP contribution in [0.3, 0.4) is 0 Å². The van der Waals surface area contributed by atoms with Crippen LogP contribution in [0.15, 0.2) is 17.8 Å². The first kappa shape index (κ1) is 13.1. The van der Waals surface area contributed by atoms with Crippen molar-refractivity contribution in [1.29, 1.82) is 0 Å². The molecule has 2 N–H and O–H groups in total. The molecule has 1 saturated heterocycles. The van der Waals surface area contributed by atoms with E-state index in [0.29, 0.717) is 17.2 Å². The van der Waals surface area contributed by atoms with Gasteiger partial charge in [-0.15, -0.1) is 11.3 Å². The third-order valence-electron chi connectivity index (χ3n) is 3.62. The summed E-state index contributed by atoms with van der Waals surface area (Å²) < 4.78 is 1.65. The molecule has 1 atom stereocenters. The molecule has 0 saturated carbocycles. The highest BCUT2D eigenvalue weighted by Gasteiger charge is 2.27. The van der Waals surface area contributed by atoms with Gasteiger partial charge in [0.2, 0.25) is 0 Å². The molecule has 106 valence electrons. The van der Waals surface area contributed by atoms with Crippen LogP contribution in [-0.2, 0) is 7.05 Å². The zero-order chi connectivity index (χ0) is 14.1. The zero-order valence-corrected chi connectivity index (χ0v) is 12.1. The van der Waals surface area contributed by atoms with E-state index in [1.165, 1.54) is 11.3 Å². The van der Waals surface area contributed by atoms with E-state index in [0.717, 1.165) is 25.1 Å². The van der Waals surface area contributed by atoms with Crippen LogP contribution in [0.1, 0.15) is 34.8 Å². The van der Waals surface area contributed by atoms with E-state index in [-0.39, 0.29) is 11.8 Å². The van der Waals surface area contributed by atoms with Crippen molar-refractivity contribution in [2.24, 2.45) is 7.05 Å². The number of rotatable bonds is 2. The zero-order valence-electron chi connectivity index (χ0n) is 11.3. The molecular weight excluding hydrogens is 274 g/mol. The molecule has 0 aliphatic carbocycles. The van der Waals surface area contributed by atoms with Crippen molar-refractivity contribution in [3.8, 4) is 0 Å². The quantitative estimate of drug-likeness (QED) is 0.909. The molecule has 7 heteroatoms. The molecule has 1 aliphatic heterocycles. The molecule has 2 aromatic heterocycles. The van der Waals surface area contributed by atoms with E-state index in [4.69, 9.17) is 5.73 Å². The topological polar surface area (TPSA) is 77.0 Å². The normalized spacial score (nSPS) is 19.2. The Morgan fingerprint density at radius 1 is 1.55 bits per heavy atom. The van der Waals surface area contributed by atoms with E-state index in [1.54, 1.807) is 17.1 Å². The number of nitrogen functional groups attached to an aromatic ring is 1. The number of carbonyl (C=O) groups excluding carboxylic acids is 1. The molecule has 0 aromatic carbocycles. The first-order valence-corrected chi connectivity index (χ1v) is 7.50. The van der Waals surface area contributed by atoms with Gasteiger partial charge in [0.15, 0.2) is 5.13 Å². The van der Waals surface area contributed by atoms with Gasteiger partial charge in [-0.2, -0.15) is 5.10 Å². The Balaban J connectivity index is 1.73. The van der Waals surface area contributed by atoms with Crippen LogP contribution in [-0.4, -0.2) is 38.7 Å². The van der Waals surface area contributed by atoms with Crippen molar-refractivity contribution >= 4 is 22.4 Å². The Morgan fingerprint density at radius 2 is 2.40 bits per heavy atom. The van der Waals surface area contributed by atoms with Gasteiger partial charge in [0.1, 0.15) is 0 Å². The minimum Gasteiger partial charge on any atom is -0.375 e. The summed E-state index contributed by atoms with van der Waals surface area (Å²) in [6.45, 7) is 1.50. The van der Waals surface area contributed by atoms with Gasteiger partial charge in [0.25, 0.3) is 5.91 Å². The highest BCUT2D eigenvalue weighted by molar-refractivity contribution is 7.13. The third kappa shape index (κ3) is 2.53. The average molecular weight is 291 g/mol. The molecule has 0 radical (unpaired) electrons. The van der Waals surface area contributed by atoms with Crippen molar-refractivity contribution in [1.82, 2.24) is 19.7 Å². The van der Waals surface area contributed by atoms with Crippen LogP contribution in [0.25, 0.3) is 0 Å². The van der Waals surface area contributed by atoms with Gasteiger partial charge in [-0.05, 0) is 12.8 Å². The van der Waals surface area contributed by atoms with E-state index in [9.17, 15) is 4.79 Å². The Labute approximate surface area is 121 Å². The van der Waals surface area contributed by atoms with Crippen molar-refractivity contribution in [2.75, 3.05) is 18.8 Å². The number of likely N-dealkylation sites (tertiary alicyclic amines) is 1. The Hall–Kier alpha value is -1.89. The first-order chi connectivity index (χ1) is 9.63. The molecule has 0 spiro atoms. The van der Waals surface area contributed by atoms with Gasteiger partial charge < -0.3 is 10.6 Å². The molecule has 20 heavy (non-hydrogen) atoms. The number of piperidine rings is 1. The molecule has 6 nitrogen and oxygen atoms in total. The highest BCUT2D eigenvalue weighted by atomic mass is 32.1. The summed E-state index contributed by atoms with van der Waals surface area (Å²) in [5.74, 6) is 0.337. The molecule has 2 aromatic rings. The fourth-order valence-corrected chi connectivity index (χ4v) is 3.25. The fourth-order valence-electron chi connectivity index (χ4n) is 2.61. The predicted molar refractivity (Wildman–Crippen MR) is 77.6 cm³/mol. The number of carbonyl (C=O) groups is 1. The lowest BCUT2D eigenvalue weighted by atomic mass is 9.95. The SMILES string of the molecule is Cn1cc(C(=O)N2CCC[C@@H](c3csc(N)n3)C2)cn1. The van der Waals surface area contributed by atoms with Gasteiger partial charge in [-0.3, -0.25) is 9.48 Å². The molecule has 0 bridgehead atoms. The Kier molecular flexibility index (Phi) is 3.43. The largest absolute Gasteiger partial charge is 0.375 e. The summed E-state index contributed by atoms with van der Waals surface area (Å²) in [5, 5.41) is 6.65. The lowest BCUT2D eigenvalue weighted by Crippen LogP contribution is -2.39. The van der Waals surface area contributed by atoms with E-state index in [2.05, 4.69) is 10.1 Å². The number of amides is 1. The molecule has 3 heterocycles. The summed E-state index contributed by atoms with van der Waals surface area (Å²) in [4.78, 5) is 18.7. The van der Waals surface area contributed by atoms with Gasteiger partial charge in [-0.1, -0.05) is 0 Å². The van der Waals surface area contributed by atoms with Crippen LogP contribution >= 0.6 is 11.3 Å². The van der Waals surface area contributed by atoms with Crippen LogP contribution in [0.5, 0.6) is 0 Å². The predicted octanol–water partition coefficient (Wildman–Crippen LogP) is 1.48. The molecular formula is C13H17N5OS. The average Bonchev–Trinajstić information content (AvgIpc) is 3.07. The number of hydrogen-bond donors (Lipinski definition) is 1. The van der Waals surface area contributed by atoms with Gasteiger partial charge in [0, 0.05) is 37.6 Å². The maximum Gasteiger partial charge on any atom is 0.257 e. The molecule has 0 unspecified atom stereocenters. The summed E-state index contributed by atoms with van der Waals surface area (Å²) >= 11 is 1.46. The standard InChI is InChI=1S/C13H17N5OS/c1-17-6-10(5-15-17)12(19)18-4-2-3-9(7-18)11-8-20-13(14)16-11/h5-6,8-9H,2-4,7H2,1H3,(H2,14,16)/t9-/m1/s1. The summed E-state index contributed by atoms with van der Waals surface area (Å²) in [6.07, 6.45) is 5.42. The number of aryl methyl sites for hydroxylation is 1. The summed E-state index contributed by atoms with van der Waals surface area (Å²) in [7, 11) is 1.81. The Morgan fingerprint density at radius 3 is 3.05 bits per heavy atom. The second-order valence-corrected chi connectivity index (χ2v) is 5.99. The number of nitrogens with two attached hydrogens (primary N) is 1. The second-order valence-electron chi connectivity index (χ2n) is 5.10. The van der Waals surface area contributed by atoms with Crippen molar-refractivity contribution in [3.63, 3.8) is 0 Å². The van der Waals surface area contributed by atoms with E-state index in [1.807, 2.05) is 17.3 Å². The number of thiazole rings is 1. The fraction of sp³-hybridized carbons (Fsp3) is 0.462. The number of aromatic nitrogens is 3. The third-order valence-corrected chi connectivity index (χ3v) is 4.31. The highest BCUT2D eigenvalue weighted by Crippen LogP contribution is 2.29. The summed E-state index contributed by atoms with van der Waals surface area (Å²) in [5.41, 5.74) is 7.34. The molecule has 1 aliphatic rings. The van der Waals surface area contributed by atoms with E-state index >= 15 is 0 Å². The van der Waals surface area contributed by atoms with Gasteiger partial charge >= 0.3 is 0 Å². The van der Waals surface area contributed by atoms with Crippen LogP contribution in [0.2, 0.25) is 0 Å². The van der Waals surface area contributed by atoms with Crippen LogP contribution < -0.4 is 5.73 Å². The van der Waals surface area contributed by atoms with Crippen molar-refractivity contribution in [2.45, 2.75) is 18.8 Å². The minimum absolute atomic E-state index is 0.0472. The van der Waals surface area contributed by atoms with Gasteiger partial charge in [0.05, 0.1) is 17.5 Å². The number of hydrogen-bond acceptors (Lipinski definition) is 5. The lowest BCUT2D eigenvalue weighted by Gasteiger charge is -2.31. The first-order valence-electron chi connectivity index (χ1n) is 6.62. The monoisotopic (exact) mass is 291 g/mol. The molecule has 1 fully saturated rings. The maximum absolute atomic E-state index is 12.4. The second kappa shape index (κ2) is 5.24. The van der Waals surface area contributed by atoms with Crippen molar-refractivity contribution < 1.29 is 4.79 Å². The Bertz CT molecular complexity index is 620. The minimum atomic E-state index is 0.0472. The lowest BCUT2D eigenvalue weighted by molar-refractivity contribution is 0.0706. The van der Waals surface area contributed by atoms with Gasteiger partial charge in [-0.25, -0.2) is 4.98 Å². The van der Waals surface area contributed by atoms with Crippen LogP contribution in [0.4, 0.5) is 5.13 Å². The van der Waals surface area contributed by atoms with Crippen LogP contribution in [0, 0.1) is 0 Å². The molecule has 3 rings (SSSR count). The molecule has 1 amide bonds. The smallest absolute Gasteiger partial charge is 0.257 e. The summed E-state index contributed by atoms with van der Waals surface area (Å²) in [6, 6.07) is 0. The van der Waals surface area contributed by atoms with Crippen molar-refractivity contribution in [3.05, 3.63) is 29.0 Å².